The number of nitrogens with zero attached hydrogens (tertiary/aromatic N) is 1. The maximum Gasteiger partial charge on any atom is 0.407 e. The second kappa shape index (κ2) is 11.3. The Bertz CT molecular complexity index is 594. The van der Waals surface area contributed by atoms with Gasteiger partial charge in [-0.3, -0.25) is 4.99 Å². The third-order valence-electron chi connectivity index (χ3n) is 3.72. The number of ether oxygens (including phenoxy) is 2. The van der Waals surface area contributed by atoms with Gasteiger partial charge in [-0.25, -0.2) is 4.79 Å². The molecule has 0 aromatic heterocycles. The number of rotatable bonds is 8. The highest BCUT2D eigenvalue weighted by Crippen LogP contribution is 2.11. The monoisotopic (exact) mass is 378 g/mol. The van der Waals surface area contributed by atoms with E-state index in [0.717, 1.165) is 24.2 Å². The van der Waals surface area contributed by atoms with Gasteiger partial charge in [-0.15, -0.1) is 0 Å². The summed E-state index contributed by atoms with van der Waals surface area (Å²) in [5, 5.41) is 9.45. The molecule has 0 spiro atoms. The van der Waals surface area contributed by atoms with Crippen molar-refractivity contribution in [1.29, 1.82) is 0 Å². The lowest BCUT2D eigenvalue weighted by Crippen LogP contribution is -2.48. The lowest BCUT2D eigenvalue weighted by Gasteiger charge is -2.24. The third-order valence-corrected chi connectivity index (χ3v) is 3.72. The molecular weight excluding hydrogens is 344 g/mol. The van der Waals surface area contributed by atoms with Crippen LogP contribution in [0.5, 0.6) is 5.75 Å². The van der Waals surface area contributed by atoms with Gasteiger partial charge >= 0.3 is 6.09 Å². The quantitative estimate of drug-likeness (QED) is 0.478. The van der Waals surface area contributed by atoms with Gasteiger partial charge in [0.25, 0.3) is 0 Å². The van der Waals surface area contributed by atoms with E-state index in [2.05, 4.69) is 27.9 Å². The van der Waals surface area contributed by atoms with Crippen LogP contribution in [0.25, 0.3) is 0 Å². The maximum absolute atomic E-state index is 12.0. The van der Waals surface area contributed by atoms with Gasteiger partial charge in [-0.1, -0.05) is 25.5 Å². The van der Waals surface area contributed by atoms with Crippen LogP contribution in [0.15, 0.2) is 29.3 Å². The van der Waals surface area contributed by atoms with Crippen molar-refractivity contribution in [1.82, 2.24) is 16.0 Å². The van der Waals surface area contributed by atoms with Gasteiger partial charge in [0.1, 0.15) is 11.4 Å². The van der Waals surface area contributed by atoms with Crippen LogP contribution >= 0.6 is 0 Å². The first kappa shape index (κ1) is 22.6. The first-order chi connectivity index (χ1) is 12.8. The summed E-state index contributed by atoms with van der Waals surface area (Å²) in [4.78, 5) is 16.2. The highest BCUT2D eigenvalue weighted by molar-refractivity contribution is 5.79. The van der Waals surface area contributed by atoms with Crippen LogP contribution in [0.4, 0.5) is 4.79 Å². The molecule has 1 amide bonds. The molecule has 1 atom stereocenters. The van der Waals surface area contributed by atoms with Gasteiger partial charge in [0.05, 0.1) is 7.11 Å². The van der Waals surface area contributed by atoms with Crippen molar-refractivity contribution in [2.45, 2.75) is 58.7 Å². The van der Waals surface area contributed by atoms with E-state index in [0.29, 0.717) is 19.0 Å². The third kappa shape index (κ3) is 9.72. The Labute approximate surface area is 162 Å². The van der Waals surface area contributed by atoms with Crippen molar-refractivity contribution in [3.8, 4) is 5.75 Å². The molecule has 152 valence electrons. The number of methoxy groups -OCH3 is 1. The molecule has 7 nitrogen and oxygen atoms in total. The summed E-state index contributed by atoms with van der Waals surface area (Å²) in [5.74, 6) is 1.51. The number of hydrogen-bond donors (Lipinski definition) is 3. The van der Waals surface area contributed by atoms with Crippen molar-refractivity contribution >= 4 is 12.1 Å². The van der Waals surface area contributed by atoms with E-state index in [1.54, 1.807) is 14.2 Å². The minimum Gasteiger partial charge on any atom is -0.497 e. The number of amides is 1. The van der Waals surface area contributed by atoms with Crippen LogP contribution in [-0.2, 0) is 11.3 Å². The Hall–Kier alpha value is -2.44. The van der Waals surface area contributed by atoms with Crippen LogP contribution in [0.3, 0.4) is 0 Å². The molecule has 7 heteroatoms. The van der Waals surface area contributed by atoms with E-state index in [1.165, 1.54) is 0 Å². The zero-order valence-corrected chi connectivity index (χ0v) is 17.4. The number of benzene rings is 1. The molecule has 0 fully saturated rings. The Morgan fingerprint density at radius 1 is 1.19 bits per heavy atom. The Morgan fingerprint density at radius 3 is 2.37 bits per heavy atom. The fourth-order valence-electron chi connectivity index (χ4n) is 2.42. The minimum absolute atomic E-state index is 0.0376. The predicted octanol–water partition coefficient (Wildman–Crippen LogP) is 3.05. The van der Waals surface area contributed by atoms with Crippen LogP contribution in [0, 0.1) is 0 Å². The van der Waals surface area contributed by atoms with Crippen molar-refractivity contribution in [3.63, 3.8) is 0 Å². The molecular formula is C20H34N4O3. The molecule has 0 saturated carbocycles. The summed E-state index contributed by atoms with van der Waals surface area (Å²) < 4.78 is 10.5. The van der Waals surface area contributed by atoms with E-state index in [1.807, 2.05) is 45.0 Å². The molecule has 0 bridgehead atoms. The topological polar surface area (TPSA) is 84.0 Å². The molecule has 1 aromatic rings. The average Bonchev–Trinajstić information content (AvgIpc) is 2.60. The molecule has 27 heavy (non-hydrogen) atoms. The number of carbonyl (C=O) groups is 1. The molecule has 1 aromatic carbocycles. The zero-order valence-electron chi connectivity index (χ0n) is 17.4. The second-order valence-corrected chi connectivity index (χ2v) is 7.29. The average molecular weight is 379 g/mol. The zero-order chi connectivity index (χ0) is 20.3. The summed E-state index contributed by atoms with van der Waals surface area (Å²) in [7, 11) is 3.37. The number of hydrogen-bond acceptors (Lipinski definition) is 4. The van der Waals surface area contributed by atoms with Crippen LogP contribution in [-0.4, -0.2) is 44.4 Å². The van der Waals surface area contributed by atoms with Crippen molar-refractivity contribution in [3.05, 3.63) is 29.8 Å². The van der Waals surface area contributed by atoms with Crippen molar-refractivity contribution in [2.24, 2.45) is 4.99 Å². The van der Waals surface area contributed by atoms with Crippen molar-refractivity contribution < 1.29 is 14.3 Å². The molecule has 0 aliphatic carbocycles. The smallest absolute Gasteiger partial charge is 0.407 e. The summed E-state index contributed by atoms with van der Waals surface area (Å²) >= 11 is 0. The number of carbonyl (C=O) groups excluding carboxylic acids is 1. The Kier molecular flexibility index (Phi) is 9.47. The summed E-state index contributed by atoms with van der Waals surface area (Å²) in [6.45, 7) is 8.84. The molecule has 1 unspecified atom stereocenters. The number of aliphatic imine (C=N–C) groups is 1. The second-order valence-electron chi connectivity index (χ2n) is 7.29. The molecule has 0 heterocycles. The molecule has 0 aliphatic rings. The van der Waals surface area contributed by atoms with Gasteiger partial charge in [0.15, 0.2) is 5.96 Å². The molecule has 0 saturated heterocycles. The minimum atomic E-state index is -0.510. The summed E-state index contributed by atoms with van der Waals surface area (Å²) in [6.07, 6.45) is 1.41. The van der Waals surface area contributed by atoms with Crippen molar-refractivity contribution in [2.75, 3.05) is 20.7 Å². The highest BCUT2D eigenvalue weighted by Gasteiger charge is 2.19. The molecule has 1 rings (SSSR count). The number of guanidine groups is 1. The van der Waals surface area contributed by atoms with E-state index in [4.69, 9.17) is 9.47 Å². The lowest BCUT2D eigenvalue weighted by molar-refractivity contribution is 0.0502. The Balaban J connectivity index is 2.49. The summed E-state index contributed by atoms with van der Waals surface area (Å²) in [6, 6.07) is 7.82. The molecule has 0 aliphatic heterocycles. The molecule has 3 N–H and O–H groups in total. The standard InChI is InChI=1S/C20H34N4O3/c1-7-8-16(24-19(25)27-20(2,3)4)14-23-18(21-5)22-13-15-9-11-17(26-6)12-10-15/h9-12,16H,7-8,13-14H2,1-6H3,(H,24,25)(H2,21,22,23). The summed E-state index contributed by atoms with van der Waals surface area (Å²) in [5.41, 5.74) is 0.611. The SMILES string of the molecule is CCCC(CNC(=NC)NCc1ccc(OC)cc1)NC(=O)OC(C)(C)C. The van der Waals surface area contributed by atoms with Gasteiger partial charge < -0.3 is 25.4 Å². The first-order valence-electron chi connectivity index (χ1n) is 9.34. The van der Waals surface area contributed by atoms with E-state index < -0.39 is 11.7 Å². The van der Waals surface area contributed by atoms with Crippen LogP contribution in [0.2, 0.25) is 0 Å². The fraction of sp³-hybridized carbons (Fsp3) is 0.600. The Morgan fingerprint density at radius 2 is 1.85 bits per heavy atom. The number of nitrogens with one attached hydrogen (secondary N) is 3. The maximum atomic E-state index is 12.0. The van der Waals surface area contributed by atoms with Crippen LogP contribution < -0.4 is 20.7 Å². The molecule has 0 radical (unpaired) electrons. The van der Waals surface area contributed by atoms with Gasteiger partial charge in [0.2, 0.25) is 0 Å². The van der Waals surface area contributed by atoms with Gasteiger partial charge in [-0.2, -0.15) is 0 Å². The van der Waals surface area contributed by atoms with Crippen LogP contribution in [0.1, 0.15) is 46.1 Å². The van der Waals surface area contributed by atoms with Gasteiger partial charge in [0, 0.05) is 26.2 Å². The van der Waals surface area contributed by atoms with Gasteiger partial charge in [-0.05, 0) is 44.9 Å². The number of alkyl carbamates (subject to hydrolysis) is 1. The predicted molar refractivity (Wildman–Crippen MR) is 109 cm³/mol. The fourth-order valence-corrected chi connectivity index (χ4v) is 2.42. The van der Waals surface area contributed by atoms with E-state index >= 15 is 0 Å². The normalized spacial score (nSPS) is 12.9. The van der Waals surface area contributed by atoms with E-state index in [-0.39, 0.29) is 6.04 Å². The first-order valence-corrected chi connectivity index (χ1v) is 9.34. The largest absolute Gasteiger partial charge is 0.497 e. The van der Waals surface area contributed by atoms with E-state index in [9.17, 15) is 4.79 Å². The highest BCUT2D eigenvalue weighted by atomic mass is 16.6. The lowest BCUT2D eigenvalue weighted by atomic mass is 10.1.